The molecule has 52 valence electrons. The van der Waals surface area contributed by atoms with Crippen LogP contribution in [0.3, 0.4) is 0 Å². The highest BCUT2D eigenvalue weighted by molar-refractivity contribution is 5.54. The molecule has 1 fully saturated rings. The van der Waals surface area contributed by atoms with Gasteiger partial charge in [-0.3, -0.25) is 4.99 Å². The van der Waals surface area contributed by atoms with E-state index >= 15 is 0 Å². The summed E-state index contributed by atoms with van der Waals surface area (Å²) in [4.78, 5) is 4.39. The maximum atomic E-state index is 4.39. The highest BCUT2D eigenvalue weighted by atomic mass is 14.9. The third-order valence-corrected chi connectivity index (χ3v) is 2.04. The van der Waals surface area contributed by atoms with Crippen LogP contribution in [0.15, 0.2) is 4.99 Å². The average molecular weight is 125 g/mol. The number of nitrogens with zero attached hydrogens (tertiary/aromatic N) is 1. The summed E-state index contributed by atoms with van der Waals surface area (Å²) >= 11 is 0. The molecule has 1 rings (SSSR count). The minimum absolute atomic E-state index is 0.231. The van der Waals surface area contributed by atoms with E-state index in [2.05, 4.69) is 18.8 Å². The normalized spacial score (nSPS) is 21.2. The van der Waals surface area contributed by atoms with Crippen molar-refractivity contribution in [1.29, 1.82) is 0 Å². The zero-order valence-corrected chi connectivity index (χ0v) is 6.52. The van der Waals surface area contributed by atoms with Crippen molar-refractivity contribution in [2.45, 2.75) is 39.2 Å². The lowest BCUT2D eigenvalue weighted by molar-refractivity contribution is 0.457. The average Bonchev–Trinajstić information content (AvgIpc) is 2.41. The molecule has 1 nitrogen and oxygen atoms in total. The molecule has 0 amide bonds. The van der Waals surface area contributed by atoms with Crippen molar-refractivity contribution in [2.24, 2.45) is 10.9 Å². The fraction of sp³-hybridized carbons (Fsp3) is 0.875. The van der Waals surface area contributed by atoms with Crippen molar-refractivity contribution in [1.82, 2.24) is 0 Å². The van der Waals surface area contributed by atoms with E-state index in [1.807, 2.05) is 13.1 Å². The first-order chi connectivity index (χ1) is 4.17. The molecule has 1 aliphatic rings. The second-order valence-corrected chi connectivity index (χ2v) is 3.32. The summed E-state index contributed by atoms with van der Waals surface area (Å²) < 4.78 is 0. The summed E-state index contributed by atoms with van der Waals surface area (Å²) in [6.07, 6.45) is 4.67. The van der Waals surface area contributed by atoms with Gasteiger partial charge in [-0.25, -0.2) is 0 Å². The third kappa shape index (κ3) is 1.54. The summed E-state index contributed by atoms with van der Waals surface area (Å²) in [5.74, 6) is 0.869. The van der Waals surface area contributed by atoms with Crippen LogP contribution in [-0.4, -0.2) is 11.8 Å². The van der Waals surface area contributed by atoms with E-state index in [-0.39, 0.29) is 5.54 Å². The van der Waals surface area contributed by atoms with Gasteiger partial charge in [0.1, 0.15) is 0 Å². The summed E-state index contributed by atoms with van der Waals surface area (Å²) in [5, 5.41) is 0. The van der Waals surface area contributed by atoms with Gasteiger partial charge in [-0.15, -0.1) is 0 Å². The van der Waals surface area contributed by atoms with E-state index in [4.69, 9.17) is 0 Å². The summed E-state index contributed by atoms with van der Waals surface area (Å²) in [7, 11) is 0. The Labute approximate surface area is 57.2 Å². The molecule has 1 aliphatic carbocycles. The van der Waals surface area contributed by atoms with E-state index in [9.17, 15) is 0 Å². The van der Waals surface area contributed by atoms with Crippen LogP contribution in [0, 0.1) is 5.92 Å². The Balaban J connectivity index is 2.48. The number of hydrogen-bond acceptors (Lipinski definition) is 1. The molecule has 0 unspecified atom stereocenters. The second-order valence-electron chi connectivity index (χ2n) is 3.32. The van der Waals surface area contributed by atoms with Gasteiger partial charge < -0.3 is 0 Å². The Bertz CT molecular complexity index is 121. The standard InChI is InChI=1S/C8H15N/c1-4-9-8(2,3)7-5-6-7/h4,7H,5-6H2,1-3H3. The molecule has 1 heteroatoms. The fourth-order valence-electron chi connectivity index (χ4n) is 1.23. The molecule has 0 N–H and O–H groups in total. The predicted octanol–water partition coefficient (Wildman–Crippen LogP) is 2.27. The van der Waals surface area contributed by atoms with Gasteiger partial charge in [0, 0.05) is 0 Å². The molecule has 0 atom stereocenters. The first kappa shape index (κ1) is 6.79. The number of rotatable bonds is 2. The van der Waals surface area contributed by atoms with Gasteiger partial charge in [-0.1, -0.05) is 0 Å². The molecule has 0 aromatic heterocycles. The molecule has 0 bridgehead atoms. The summed E-state index contributed by atoms with van der Waals surface area (Å²) in [6.45, 7) is 6.42. The molecule has 0 saturated heterocycles. The molecule has 0 radical (unpaired) electrons. The van der Waals surface area contributed by atoms with Gasteiger partial charge in [-0.2, -0.15) is 0 Å². The van der Waals surface area contributed by atoms with Crippen molar-refractivity contribution >= 4 is 6.21 Å². The maximum Gasteiger partial charge on any atom is 0.0576 e. The maximum absolute atomic E-state index is 4.39. The first-order valence-electron chi connectivity index (χ1n) is 3.66. The smallest absolute Gasteiger partial charge is 0.0576 e. The molecule has 0 aliphatic heterocycles. The van der Waals surface area contributed by atoms with Gasteiger partial charge in [0.2, 0.25) is 0 Å². The minimum atomic E-state index is 0.231. The fourth-order valence-corrected chi connectivity index (χ4v) is 1.23. The lowest BCUT2D eigenvalue weighted by Gasteiger charge is -2.17. The Kier molecular flexibility index (Phi) is 1.60. The Morgan fingerprint density at radius 2 is 2.00 bits per heavy atom. The minimum Gasteiger partial charge on any atom is -0.291 e. The molecular weight excluding hydrogens is 110 g/mol. The second kappa shape index (κ2) is 2.13. The van der Waals surface area contributed by atoms with Crippen molar-refractivity contribution in [3.8, 4) is 0 Å². The molecule has 9 heavy (non-hydrogen) atoms. The third-order valence-electron chi connectivity index (χ3n) is 2.04. The zero-order valence-electron chi connectivity index (χ0n) is 6.52. The Hall–Kier alpha value is -0.330. The van der Waals surface area contributed by atoms with Crippen LogP contribution in [0.5, 0.6) is 0 Å². The van der Waals surface area contributed by atoms with Crippen LogP contribution in [0.4, 0.5) is 0 Å². The van der Waals surface area contributed by atoms with Crippen LogP contribution < -0.4 is 0 Å². The Morgan fingerprint density at radius 3 is 2.33 bits per heavy atom. The largest absolute Gasteiger partial charge is 0.291 e. The van der Waals surface area contributed by atoms with E-state index < -0.39 is 0 Å². The highest BCUT2D eigenvalue weighted by Gasteiger charge is 2.36. The van der Waals surface area contributed by atoms with E-state index in [0.29, 0.717) is 0 Å². The highest BCUT2D eigenvalue weighted by Crippen LogP contribution is 2.41. The quantitative estimate of drug-likeness (QED) is 0.502. The van der Waals surface area contributed by atoms with Gasteiger partial charge in [-0.05, 0) is 45.7 Å². The van der Waals surface area contributed by atoms with Crippen molar-refractivity contribution in [2.75, 3.05) is 0 Å². The van der Waals surface area contributed by atoms with Crippen LogP contribution in [0.1, 0.15) is 33.6 Å². The van der Waals surface area contributed by atoms with E-state index in [1.54, 1.807) is 0 Å². The molecule has 0 aromatic rings. The molecule has 0 spiro atoms. The lowest BCUT2D eigenvalue weighted by Crippen LogP contribution is -2.18. The van der Waals surface area contributed by atoms with Crippen LogP contribution in [-0.2, 0) is 0 Å². The van der Waals surface area contributed by atoms with Crippen molar-refractivity contribution in [3.05, 3.63) is 0 Å². The van der Waals surface area contributed by atoms with E-state index in [1.165, 1.54) is 12.8 Å². The molecule has 1 saturated carbocycles. The number of aliphatic imine (C=N–C) groups is 1. The molecular formula is C8H15N. The van der Waals surface area contributed by atoms with Gasteiger partial charge in [0.15, 0.2) is 0 Å². The predicted molar refractivity (Wildman–Crippen MR) is 41.0 cm³/mol. The topological polar surface area (TPSA) is 12.4 Å². The SMILES string of the molecule is CC=NC(C)(C)C1CC1. The number of hydrogen-bond donors (Lipinski definition) is 0. The molecule has 0 heterocycles. The summed E-state index contributed by atoms with van der Waals surface area (Å²) in [5.41, 5.74) is 0.231. The zero-order chi connectivity index (χ0) is 6.91. The van der Waals surface area contributed by atoms with Gasteiger partial charge >= 0.3 is 0 Å². The van der Waals surface area contributed by atoms with E-state index in [0.717, 1.165) is 5.92 Å². The van der Waals surface area contributed by atoms with Crippen molar-refractivity contribution in [3.63, 3.8) is 0 Å². The summed E-state index contributed by atoms with van der Waals surface area (Å²) in [6, 6.07) is 0. The van der Waals surface area contributed by atoms with Crippen LogP contribution in [0.2, 0.25) is 0 Å². The van der Waals surface area contributed by atoms with Crippen LogP contribution in [0.25, 0.3) is 0 Å². The van der Waals surface area contributed by atoms with Crippen molar-refractivity contribution < 1.29 is 0 Å². The lowest BCUT2D eigenvalue weighted by atomic mass is 10.0. The Morgan fingerprint density at radius 1 is 1.44 bits per heavy atom. The molecule has 0 aromatic carbocycles. The van der Waals surface area contributed by atoms with Crippen LogP contribution >= 0.6 is 0 Å². The monoisotopic (exact) mass is 125 g/mol. The first-order valence-corrected chi connectivity index (χ1v) is 3.66. The van der Waals surface area contributed by atoms with Gasteiger partial charge in [0.05, 0.1) is 5.54 Å². The van der Waals surface area contributed by atoms with Gasteiger partial charge in [0.25, 0.3) is 0 Å².